The summed E-state index contributed by atoms with van der Waals surface area (Å²) in [5.74, 6) is 1.73. The van der Waals surface area contributed by atoms with Crippen LogP contribution in [-0.2, 0) is 11.2 Å². The molecule has 0 saturated carbocycles. The van der Waals surface area contributed by atoms with Gasteiger partial charge in [-0.2, -0.15) is 0 Å². The van der Waals surface area contributed by atoms with E-state index < -0.39 is 0 Å². The van der Waals surface area contributed by atoms with E-state index in [1.165, 1.54) is 16.7 Å². The lowest BCUT2D eigenvalue weighted by atomic mass is 10.0. The smallest absolute Gasteiger partial charge is 0.234 e. The Morgan fingerprint density at radius 1 is 1.14 bits per heavy atom. The van der Waals surface area contributed by atoms with Crippen LogP contribution < -0.4 is 14.8 Å². The van der Waals surface area contributed by atoms with Gasteiger partial charge >= 0.3 is 0 Å². The van der Waals surface area contributed by atoms with Crippen LogP contribution >= 0.6 is 0 Å². The summed E-state index contributed by atoms with van der Waals surface area (Å²) in [5, 5.41) is 3.08. The monoisotopic (exact) mass is 380 g/mol. The predicted molar refractivity (Wildman–Crippen MR) is 109 cm³/mol. The Kier molecular flexibility index (Phi) is 5.81. The highest BCUT2D eigenvalue weighted by atomic mass is 16.6. The molecule has 2 aliphatic heterocycles. The molecule has 28 heavy (non-hydrogen) atoms. The number of likely N-dealkylation sites (tertiary alicyclic amines) is 1. The largest absolute Gasteiger partial charge is 0.486 e. The van der Waals surface area contributed by atoms with Gasteiger partial charge in [0.15, 0.2) is 11.5 Å². The first kappa shape index (κ1) is 18.8. The van der Waals surface area contributed by atoms with Crippen LogP contribution in [0.25, 0.3) is 0 Å². The standard InChI is InChI=1S/C23H28N2O3/c1-17-5-2-3-6-18(17)10-11-24-23(26)16-25-12-4-7-20(25)19-8-9-21-22(15-19)28-14-13-27-21/h2-3,5-6,8-9,15,20H,4,7,10-14,16H2,1H3,(H,24,26)/t20-/m0/s1. The molecule has 1 fully saturated rings. The maximum Gasteiger partial charge on any atom is 0.234 e. The van der Waals surface area contributed by atoms with Crippen LogP contribution in [0.1, 0.15) is 35.6 Å². The van der Waals surface area contributed by atoms with Gasteiger partial charge in [0.05, 0.1) is 6.54 Å². The molecule has 0 radical (unpaired) electrons. The molecule has 148 valence electrons. The van der Waals surface area contributed by atoms with Crippen molar-refractivity contribution < 1.29 is 14.3 Å². The predicted octanol–water partition coefficient (Wildman–Crippen LogP) is 3.26. The van der Waals surface area contributed by atoms with E-state index in [-0.39, 0.29) is 11.9 Å². The molecule has 1 amide bonds. The maximum atomic E-state index is 12.5. The Hall–Kier alpha value is -2.53. The number of hydrogen-bond acceptors (Lipinski definition) is 4. The first-order valence-electron chi connectivity index (χ1n) is 10.2. The van der Waals surface area contributed by atoms with Crippen molar-refractivity contribution in [1.29, 1.82) is 0 Å². The van der Waals surface area contributed by atoms with E-state index in [4.69, 9.17) is 9.47 Å². The molecule has 1 N–H and O–H groups in total. The molecule has 2 heterocycles. The fourth-order valence-electron chi connectivity index (χ4n) is 4.13. The number of ether oxygens (including phenoxy) is 2. The Morgan fingerprint density at radius 2 is 1.96 bits per heavy atom. The summed E-state index contributed by atoms with van der Waals surface area (Å²) in [4.78, 5) is 14.8. The van der Waals surface area contributed by atoms with Gasteiger partial charge in [0.25, 0.3) is 0 Å². The Balaban J connectivity index is 1.32. The number of amides is 1. The summed E-state index contributed by atoms with van der Waals surface area (Å²) >= 11 is 0. The van der Waals surface area contributed by atoms with Crippen molar-refractivity contribution in [1.82, 2.24) is 10.2 Å². The highest BCUT2D eigenvalue weighted by Crippen LogP contribution is 2.37. The molecule has 0 aromatic heterocycles. The summed E-state index contributed by atoms with van der Waals surface area (Å²) in [5.41, 5.74) is 3.77. The number of fused-ring (bicyclic) bond motifs is 1. The van der Waals surface area contributed by atoms with E-state index in [9.17, 15) is 4.79 Å². The second-order valence-corrected chi connectivity index (χ2v) is 7.56. The summed E-state index contributed by atoms with van der Waals surface area (Å²) < 4.78 is 11.3. The molecule has 2 aromatic carbocycles. The zero-order valence-corrected chi connectivity index (χ0v) is 16.4. The van der Waals surface area contributed by atoms with Crippen molar-refractivity contribution in [3.8, 4) is 11.5 Å². The van der Waals surface area contributed by atoms with Gasteiger partial charge in [0, 0.05) is 12.6 Å². The molecule has 4 rings (SSSR count). The van der Waals surface area contributed by atoms with E-state index in [1.54, 1.807) is 0 Å². The number of hydrogen-bond donors (Lipinski definition) is 1. The molecule has 0 aliphatic carbocycles. The van der Waals surface area contributed by atoms with Gasteiger partial charge in [-0.1, -0.05) is 30.3 Å². The number of rotatable bonds is 6. The second kappa shape index (κ2) is 8.65. The van der Waals surface area contributed by atoms with E-state index in [0.717, 1.165) is 37.3 Å². The number of nitrogens with one attached hydrogen (secondary N) is 1. The van der Waals surface area contributed by atoms with Crippen molar-refractivity contribution in [3.05, 3.63) is 59.2 Å². The van der Waals surface area contributed by atoms with Crippen LogP contribution in [0.4, 0.5) is 0 Å². The fraction of sp³-hybridized carbons (Fsp3) is 0.435. The summed E-state index contributed by atoms with van der Waals surface area (Å²) in [6.07, 6.45) is 3.04. The van der Waals surface area contributed by atoms with Crippen LogP contribution in [0, 0.1) is 6.92 Å². The minimum Gasteiger partial charge on any atom is -0.486 e. The SMILES string of the molecule is Cc1ccccc1CCNC(=O)CN1CCC[C@H]1c1ccc2c(c1)OCCO2. The summed E-state index contributed by atoms with van der Waals surface area (Å²) in [7, 11) is 0. The minimum absolute atomic E-state index is 0.0954. The van der Waals surface area contributed by atoms with Crippen molar-refractivity contribution >= 4 is 5.91 Å². The first-order chi connectivity index (χ1) is 13.7. The topological polar surface area (TPSA) is 50.8 Å². The van der Waals surface area contributed by atoms with Crippen molar-refractivity contribution in [2.24, 2.45) is 0 Å². The van der Waals surface area contributed by atoms with Gasteiger partial charge in [-0.25, -0.2) is 0 Å². The number of nitrogens with zero attached hydrogens (tertiary/aromatic N) is 1. The fourth-order valence-corrected chi connectivity index (χ4v) is 4.13. The Bertz CT molecular complexity index is 836. The van der Waals surface area contributed by atoms with Gasteiger partial charge in [0.2, 0.25) is 5.91 Å². The molecule has 0 bridgehead atoms. The van der Waals surface area contributed by atoms with Crippen LogP contribution in [0.3, 0.4) is 0 Å². The third-order valence-corrected chi connectivity index (χ3v) is 5.64. The maximum absolute atomic E-state index is 12.5. The zero-order chi connectivity index (χ0) is 19.3. The van der Waals surface area contributed by atoms with Gasteiger partial charge in [-0.05, 0) is 61.6 Å². The first-order valence-corrected chi connectivity index (χ1v) is 10.2. The lowest BCUT2D eigenvalue weighted by Gasteiger charge is -2.26. The quantitative estimate of drug-likeness (QED) is 0.836. The molecule has 0 spiro atoms. The molecule has 5 heteroatoms. The number of aryl methyl sites for hydroxylation is 1. The van der Waals surface area contributed by atoms with Crippen LogP contribution in [0.5, 0.6) is 11.5 Å². The highest BCUT2D eigenvalue weighted by Gasteiger charge is 2.28. The molecule has 2 aromatic rings. The minimum atomic E-state index is 0.0954. The lowest BCUT2D eigenvalue weighted by molar-refractivity contribution is -0.122. The van der Waals surface area contributed by atoms with E-state index >= 15 is 0 Å². The van der Waals surface area contributed by atoms with E-state index in [2.05, 4.69) is 41.4 Å². The molecular formula is C23H28N2O3. The summed E-state index contributed by atoms with van der Waals surface area (Å²) in [6.45, 7) is 5.36. The van der Waals surface area contributed by atoms with Crippen molar-refractivity contribution in [3.63, 3.8) is 0 Å². The molecule has 0 unspecified atom stereocenters. The van der Waals surface area contributed by atoms with Gasteiger partial charge in [-0.15, -0.1) is 0 Å². The van der Waals surface area contributed by atoms with Crippen molar-refractivity contribution in [2.45, 2.75) is 32.2 Å². The average Bonchev–Trinajstić information content (AvgIpc) is 3.17. The van der Waals surface area contributed by atoms with E-state index in [1.807, 2.05) is 18.2 Å². The zero-order valence-electron chi connectivity index (χ0n) is 16.4. The van der Waals surface area contributed by atoms with Gasteiger partial charge < -0.3 is 14.8 Å². The average molecular weight is 380 g/mol. The highest BCUT2D eigenvalue weighted by molar-refractivity contribution is 5.78. The third-order valence-electron chi connectivity index (χ3n) is 5.64. The molecule has 1 atom stereocenters. The van der Waals surface area contributed by atoms with Gasteiger partial charge in [-0.3, -0.25) is 9.69 Å². The number of benzene rings is 2. The van der Waals surface area contributed by atoms with E-state index in [0.29, 0.717) is 26.3 Å². The Labute approximate surface area is 166 Å². The summed E-state index contributed by atoms with van der Waals surface area (Å²) in [6, 6.07) is 14.8. The molecule has 5 nitrogen and oxygen atoms in total. The lowest BCUT2D eigenvalue weighted by Crippen LogP contribution is -2.37. The molecule has 1 saturated heterocycles. The second-order valence-electron chi connectivity index (χ2n) is 7.56. The number of carbonyl (C=O) groups is 1. The Morgan fingerprint density at radius 3 is 2.82 bits per heavy atom. The van der Waals surface area contributed by atoms with Crippen LogP contribution in [0.2, 0.25) is 0 Å². The number of carbonyl (C=O) groups excluding carboxylic acids is 1. The molecule has 2 aliphatic rings. The van der Waals surface area contributed by atoms with Crippen LogP contribution in [-0.4, -0.2) is 43.7 Å². The molecular weight excluding hydrogens is 352 g/mol. The van der Waals surface area contributed by atoms with Crippen molar-refractivity contribution in [2.75, 3.05) is 32.8 Å². The van der Waals surface area contributed by atoms with Gasteiger partial charge in [0.1, 0.15) is 13.2 Å². The normalized spacial score (nSPS) is 18.8. The van der Waals surface area contributed by atoms with Crippen LogP contribution in [0.15, 0.2) is 42.5 Å². The third kappa shape index (κ3) is 4.30.